The van der Waals surface area contributed by atoms with Gasteiger partial charge >= 0.3 is 0 Å². The Morgan fingerprint density at radius 3 is 2.43 bits per heavy atom. The average Bonchev–Trinajstić information content (AvgIpc) is 2.36. The van der Waals surface area contributed by atoms with Crippen molar-refractivity contribution in [3.05, 3.63) is 29.3 Å². The second-order valence-electron chi connectivity index (χ2n) is 6.24. The number of hydrogen-bond acceptors (Lipinski definition) is 4. The Balaban J connectivity index is 2.85. The molecule has 0 aliphatic heterocycles. The van der Waals surface area contributed by atoms with E-state index in [9.17, 15) is 13.2 Å². The van der Waals surface area contributed by atoms with E-state index in [1.807, 2.05) is 39.2 Å². The van der Waals surface area contributed by atoms with Crippen molar-refractivity contribution in [2.75, 3.05) is 12.0 Å². The van der Waals surface area contributed by atoms with E-state index in [0.29, 0.717) is 12.0 Å². The molecule has 1 amide bonds. The predicted octanol–water partition coefficient (Wildman–Crippen LogP) is 3.21. The van der Waals surface area contributed by atoms with Gasteiger partial charge in [-0.05, 0) is 42.7 Å². The van der Waals surface area contributed by atoms with Crippen LogP contribution in [0.5, 0.6) is 0 Å². The van der Waals surface area contributed by atoms with Gasteiger partial charge in [0.25, 0.3) is 5.91 Å². The molecule has 1 aromatic rings. The van der Waals surface area contributed by atoms with Gasteiger partial charge in [-0.25, -0.2) is 13.1 Å². The third-order valence-corrected chi connectivity index (χ3v) is 5.02. The number of aryl methyl sites for hydroxylation is 1. The first-order valence-electron chi connectivity index (χ1n) is 6.73. The van der Waals surface area contributed by atoms with Crippen molar-refractivity contribution in [2.24, 2.45) is 5.41 Å². The third-order valence-electron chi connectivity index (χ3n) is 3.06. The van der Waals surface area contributed by atoms with Gasteiger partial charge in [-0.1, -0.05) is 26.8 Å². The largest absolute Gasteiger partial charge is 0.268 e. The molecule has 0 aliphatic carbocycles. The van der Waals surface area contributed by atoms with Crippen molar-refractivity contribution in [1.82, 2.24) is 4.72 Å². The van der Waals surface area contributed by atoms with E-state index in [-0.39, 0.29) is 11.2 Å². The van der Waals surface area contributed by atoms with Crippen LogP contribution >= 0.6 is 11.8 Å². The minimum atomic E-state index is -3.60. The van der Waals surface area contributed by atoms with Crippen LogP contribution in [-0.4, -0.2) is 26.3 Å². The molecule has 1 aromatic carbocycles. The fourth-order valence-corrected chi connectivity index (χ4v) is 3.48. The quantitative estimate of drug-likeness (QED) is 0.843. The molecule has 0 aliphatic rings. The van der Waals surface area contributed by atoms with Crippen molar-refractivity contribution in [3.8, 4) is 0 Å². The first-order valence-corrected chi connectivity index (χ1v) is 9.61. The van der Waals surface area contributed by atoms with Crippen LogP contribution in [0.2, 0.25) is 0 Å². The summed E-state index contributed by atoms with van der Waals surface area (Å²) in [6.45, 7) is 7.70. The maximum atomic E-state index is 12.2. The van der Waals surface area contributed by atoms with E-state index >= 15 is 0 Å². The maximum absolute atomic E-state index is 12.2. The summed E-state index contributed by atoms with van der Waals surface area (Å²) >= 11 is 1.51. The second kappa shape index (κ2) is 6.83. The lowest BCUT2D eigenvalue weighted by Gasteiger charge is -2.18. The van der Waals surface area contributed by atoms with E-state index in [2.05, 4.69) is 4.72 Å². The molecule has 1 N–H and O–H groups in total. The van der Waals surface area contributed by atoms with E-state index in [4.69, 9.17) is 0 Å². The summed E-state index contributed by atoms with van der Waals surface area (Å²) in [5.74, 6) is -0.610. The topological polar surface area (TPSA) is 63.2 Å². The highest BCUT2D eigenvalue weighted by molar-refractivity contribution is 7.98. The van der Waals surface area contributed by atoms with E-state index in [1.54, 1.807) is 13.0 Å². The van der Waals surface area contributed by atoms with E-state index in [1.165, 1.54) is 11.8 Å². The third kappa shape index (κ3) is 6.09. The summed E-state index contributed by atoms with van der Waals surface area (Å²) in [5, 5.41) is 0. The molecular weight excluding hydrogens is 306 g/mol. The van der Waals surface area contributed by atoms with Crippen molar-refractivity contribution in [2.45, 2.75) is 39.0 Å². The lowest BCUT2D eigenvalue weighted by atomic mass is 9.94. The number of benzene rings is 1. The zero-order valence-corrected chi connectivity index (χ0v) is 14.8. The monoisotopic (exact) mass is 329 g/mol. The number of nitrogens with one attached hydrogen (secondary N) is 1. The molecule has 1 rings (SSSR count). The average molecular weight is 329 g/mol. The Bertz CT molecular complexity index is 616. The summed E-state index contributed by atoms with van der Waals surface area (Å²) in [4.78, 5) is 13.1. The van der Waals surface area contributed by atoms with Gasteiger partial charge in [0, 0.05) is 10.5 Å². The lowest BCUT2D eigenvalue weighted by molar-refractivity contribution is 0.0980. The highest BCUT2D eigenvalue weighted by Gasteiger charge is 2.21. The molecule has 4 nitrogen and oxygen atoms in total. The van der Waals surface area contributed by atoms with Gasteiger partial charge in [0.05, 0.1) is 5.75 Å². The van der Waals surface area contributed by atoms with Crippen LogP contribution in [0, 0.1) is 12.3 Å². The number of sulfonamides is 1. The minimum absolute atomic E-state index is 0.0521. The highest BCUT2D eigenvalue weighted by atomic mass is 32.2. The van der Waals surface area contributed by atoms with E-state index in [0.717, 1.165) is 10.5 Å². The number of rotatable bonds is 5. The molecule has 0 fully saturated rings. The molecule has 0 aromatic heterocycles. The molecule has 0 spiro atoms. The second-order valence-corrected chi connectivity index (χ2v) is 8.96. The minimum Gasteiger partial charge on any atom is -0.268 e. The number of amides is 1. The van der Waals surface area contributed by atoms with E-state index < -0.39 is 15.9 Å². The summed E-state index contributed by atoms with van der Waals surface area (Å²) in [5.41, 5.74) is 1.07. The Morgan fingerprint density at radius 2 is 1.90 bits per heavy atom. The summed E-state index contributed by atoms with van der Waals surface area (Å²) in [7, 11) is -3.60. The molecule has 0 saturated carbocycles. The maximum Gasteiger partial charge on any atom is 0.265 e. The zero-order chi connectivity index (χ0) is 16.3. The molecule has 0 atom stereocenters. The standard InChI is InChI=1S/C15H23NO3S2/c1-11-6-7-12(20-5)10-13(11)14(17)16-21(18,19)9-8-15(2,3)4/h6-7,10H,8-9H2,1-5H3,(H,16,17). The van der Waals surface area contributed by atoms with Gasteiger partial charge in [-0.3, -0.25) is 4.79 Å². The van der Waals surface area contributed by atoms with Gasteiger partial charge in [-0.2, -0.15) is 0 Å². The number of carbonyl (C=O) groups is 1. The molecule has 118 valence electrons. The van der Waals surface area contributed by atoms with Gasteiger partial charge in [0.2, 0.25) is 10.0 Å². The fraction of sp³-hybridized carbons (Fsp3) is 0.533. The number of carbonyl (C=O) groups excluding carboxylic acids is 1. The highest BCUT2D eigenvalue weighted by Crippen LogP contribution is 2.20. The molecular formula is C15H23NO3S2. The Kier molecular flexibility index (Phi) is 5.87. The summed E-state index contributed by atoms with van der Waals surface area (Å²) in [6.07, 6.45) is 2.41. The summed E-state index contributed by atoms with van der Waals surface area (Å²) < 4.78 is 26.1. The van der Waals surface area contributed by atoms with Crippen LogP contribution in [0.3, 0.4) is 0 Å². The van der Waals surface area contributed by atoms with Crippen molar-refractivity contribution in [3.63, 3.8) is 0 Å². The van der Waals surface area contributed by atoms with Gasteiger partial charge in [0.15, 0.2) is 0 Å². The Labute approximate surface area is 131 Å². The molecule has 21 heavy (non-hydrogen) atoms. The molecule has 0 radical (unpaired) electrons. The normalized spacial score (nSPS) is 12.2. The number of thioether (sulfide) groups is 1. The number of hydrogen-bond donors (Lipinski definition) is 1. The molecule has 0 unspecified atom stereocenters. The van der Waals surface area contributed by atoms with Gasteiger partial charge < -0.3 is 0 Å². The molecule has 0 saturated heterocycles. The zero-order valence-electron chi connectivity index (χ0n) is 13.2. The van der Waals surface area contributed by atoms with Gasteiger partial charge in [-0.15, -0.1) is 11.8 Å². The first kappa shape index (κ1) is 18.0. The summed E-state index contributed by atoms with van der Waals surface area (Å²) in [6, 6.07) is 5.45. The molecule has 0 heterocycles. The Hall–Kier alpha value is -1.01. The van der Waals surface area contributed by atoms with Crippen LogP contribution in [0.4, 0.5) is 0 Å². The lowest BCUT2D eigenvalue weighted by Crippen LogP contribution is -2.34. The SMILES string of the molecule is CSc1ccc(C)c(C(=O)NS(=O)(=O)CCC(C)(C)C)c1. The molecule has 0 bridgehead atoms. The van der Waals surface area contributed by atoms with Crippen LogP contribution in [0.1, 0.15) is 43.1 Å². The van der Waals surface area contributed by atoms with Crippen molar-refractivity contribution < 1.29 is 13.2 Å². The van der Waals surface area contributed by atoms with Crippen LogP contribution in [0.15, 0.2) is 23.1 Å². The van der Waals surface area contributed by atoms with Crippen molar-refractivity contribution >= 4 is 27.7 Å². The van der Waals surface area contributed by atoms with Crippen LogP contribution < -0.4 is 4.72 Å². The Morgan fingerprint density at radius 1 is 1.29 bits per heavy atom. The predicted molar refractivity (Wildman–Crippen MR) is 88.3 cm³/mol. The van der Waals surface area contributed by atoms with Gasteiger partial charge in [0.1, 0.15) is 0 Å². The fourth-order valence-electron chi connectivity index (χ4n) is 1.66. The van der Waals surface area contributed by atoms with Crippen LogP contribution in [-0.2, 0) is 10.0 Å². The first-order chi connectivity index (χ1) is 9.54. The van der Waals surface area contributed by atoms with Crippen LogP contribution in [0.25, 0.3) is 0 Å². The molecule has 6 heteroatoms. The smallest absolute Gasteiger partial charge is 0.265 e. The van der Waals surface area contributed by atoms with Crippen molar-refractivity contribution in [1.29, 1.82) is 0 Å².